The molecular formula is C22H27NO4. The molecule has 0 radical (unpaired) electrons. The van der Waals surface area contributed by atoms with E-state index < -0.39 is 6.10 Å². The Labute approximate surface area is 160 Å². The van der Waals surface area contributed by atoms with Crippen LogP contribution in [-0.4, -0.2) is 37.6 Å². The Balaban J connectivity index is 1.73. The second-order valence-electron chi connectivity index (χ2n) is 7.24. The molecule has 0 saturated carbocycles. The van der Waals surface area contributed by atoms with Crippen LogP contribution in [0.2, 0.25) is 0 Å². The highest BCUT2D eigenvalue weighted by atomic mass is 16.5. The molecule has 0 aliphatic carbocycles. The lowest BCUT2D eigenvalue weighted by atomic mass is 9.80. The first-order chi connectivity index (χ1) is 13.2. The highest BCUT2D eigenvalue weighted by molar-refractivity contribution is 5.40. The van der Waals surface area contributed by atoms with E-state index in [4.69, 9.17) is 14.2 Å². The summed E-state index contributed by atoms with van der Waals surface area (Å²) in [6, 6.07) is 16.1. The maximum absolute atomic E-state index is 10.8. The molecule has 2 aliphatic heterocycles. The van der Waals surface area contributed by atoms with Crippen molar-refractivity contribution in [3.63, 3.8) is 0 Å². The van der Waals surface area contributed by atoms with Gasteiger partial charge in [-0.05, 0) is 18.6 Å². The average molecular weight is 369 g/mol. The molecule has 27 heavy (non-hydrogen) atoms. The second-order valence-corrected chi connectivity index (χ2v) is 7.24. The average Bonchev–Trinajstić information content (AvgIpc) is 2.69. The van der Waals surface area contributed by atoms with Gasteiger partial charge in [0.15, 0.2) is 0 Å². The number of benzene rings is 2. The lowest BCUT2D eigenvalue weighted by Crippen LogP contribution is -2.43. The van der Waals surface area contributed by atoms with Crippen molar-refractivity contribution < 1.29 is 19.3 Å². The van der Waals surface area contributed by atoms with Gasteiger partial charge in [-0.1, -0.05) is 43.3 Å². The van der Waals surface area contributed by atoms with Gasteiger partial charge in [0, 0.05) is 29.1 Å². The fraction of sp³-hybridized carbons (Fsp3) is 0.455. The zero-order valence-electron chi connectivity index (χ0n) is 15.6. The summed E-state index contributed by atoms with van der Waals surface area (Å²) in [5.74, 6) is 1.77. The number of para-hydroxylation sites is 2. The third kappa shape index (κ3) is 3.95. The second kappa shape index (κ2) is 8.30. The van der Waals surface area contributed by atoms with E-state index in [1.807, 2.05) is 36.4 Å². The van der Waals surface area contributed by atoms with Crippen molar-refractivity contribution in [1.82, 2.24) is 5.32 Å². The number of hydrogen-bond donors (Lipinski definition) is 2. The Morgan fingerprint density at radius 3 is 2.15 bits per heavy atom. The van der Waals surface area contributed by atoms with Crippen LogP contribution >= 0.6 is 0 Å². The molecule has 2 aromatic carbocycles. The number of aliphatic hydroxyl groups is 1. The topological polar surface area (TPSA) is 60.0 Å². The van der Waals surface area contributed by atoms with E-state index in [1.54, 1.807) is 0 Å². The first-order valence-corrected chi connectivity index (χ1v) is 9.69. The fourth-order valence-electron chi connectivity index (χ4n) is 4.00. The van der Waals surface area contributed by atoms with Crippen molar-refractivity contribution in [2.75, 3.05) is 26.4 Å². The van der Waals surface area contributed by atoms with E-state index in [0.717, 1.165) is 22.6 Å². The lowest BCUT2D eigenvalue weighted by Gasteiger charge is -2.40. The van der Waals surface area contributed by atoms with E-state index in [9.17, 15) is 5.11 Å². The first-order valence-electron chi connectivity index (χ1n) is 9.69. The highest BCUT2D eigenvalue weighted by Crippen LogP contribution is 2.41. The van der Waals surface area contributed by atoms with Crippen molar-refractivity contribution in [3.05, 3.63) is 59.7 Å². The molecule has 1 saturated heterocycles. The minimum absolute atomic E-state index is 0.00753. The normalized spacial score (nSPS) is 28.7. The van der Waals surface area contributed by atoms with Crippen LogP contribution < -0.4 is 14.8 Å². The maximum atomic E-state index is 10.8. The third-order valence-electron chi connectivity index (χ3n) is 5.51. The van der Waals surface area contributed by atoms with Gasteiger partial charge in [-0.3, -0.25) is 0 Å². The van der Waals surface area contributed by atoms with E-state index in [0.29, 0.717) is 32.8 Å². The van der Waals surface area contributed by atoms with Crippen molar-refractivity contribution >= 4 is 0 Å². The summed E-state index contributed by atoms with van der Waals surface area (Å²) in [7, 11) is 0. The quantitative estimate of drug-likeness (QED) is 0.747. The molecule has 2 bridgehead atoms. The summed E-state index contributed by atoms with van der Waals surface area (Å²) >= 11 is 0. The van der Waals surface area contributed by atoms with Crippen LogP contribution in [0.15, 0.2) is 48.5 Å². The molecule has 5 nitrogen and oxygen atoms in total. The number of nitrogens with one attached hydrogen (secondary N) is 1. The Morgan fingerprint density at radius 1 is 0.852 bits per heavy atom. The van der Waals surface area contributed by atoms with Gasteiger partial charge >= 0.3 is 0 Å². The summed E-state index contributed by atoms with van der Waals surface area (Å²) in [4.78, 5) is 0. The van der Waals surface area contributed by atoms with Gasteiger partial charge < -0.3 is 24.6 Å². The monoisotopic (exact) mass is 369 g/mol. The standard InChI is InChI=1S/C22H27NO4/c1-15-19(24)14-18-16-6-2-4-8-20(16)26-12-10-25-11-13-27-21-9-5-3-7-17(21)22(15)23-18/h2-9,15,18-19,22-24H,10-14H2,1H3/t15-,18-,19+,22-/m1/s1. The van der Waals surface area contributed by atoms with Crippen molar-refractivity contribution in [2.24, 2.45) is 5.92 Å². The summed E-state index contributed by atoms with van der Waals surface area (Å²) in [5.41, 5.74) is 2.15. The van der Waals surface area contributed by atoms with Gasteiger partial charge in [0.1, 0.15) is 24.7 Å². The molecule has 144 valence electrons. The number of ether oxygens (including phenoxy) is 3. The molecule has 1 fully saturated rings. The molecule has 2 heterocycles. The maximum Gasteiger partial charge on any atom is 0.124 e. The number of aliphatic hydroxyl groups excluding tert-OH is 1. The van der Waals surface area contributed by atoms with Crippen LogP contribution in [0.25, 0.3) is 0 Å². The summed E-state index contributed by atoms with van der Waals surface area (Å²) < 4.78 is 17.6. The molecule has 0 unspecified atom stereocenters. The first kappa shape index (κ1) is 18.3. The van der Waals surface area contributed by atoms with Gasteiger partial charge in [0.25, 0.3) is 0 Å². The van der Waals surface area contributed by atoms with Crippen LogP contribution in [0.3, 0.4) is 0 Å². The van der Waals surface area contributed by atoms with Gasteiger partial charge in [-0.15, -0.1) is 0 Å². The highest BCUT2D eigenvalue weighted by Gasteiger charge is 2.37. The molecule has 4 atom stereocenters. The Hall–Kier alpha value is -2.08. The van der Waals surface area contributed by atoms with Crippen molar-refractivity contribution in [1.29, 1.82) is 0 Å². The molecule has 2 N–H and O–H groups in total. The van der Waals surface area contributed by atoms with Crippen LogP contribution in [0, 0.1) is 5.92 Å². The number of rotatable bonds is 0. The fourth-order valence-corrected chi connectivity index (χ4v) is 4.00. The minimum atomic E-state index is -0.404. The molecule has 2 aliphatic rings. The van der Waals surface area contributed by atoms with Gasteiger partial charge in [-0.2, -0.15) is 0 Å². The zero-order chi connectivity index (χ0) is 18.6. The largest absolute Gasteiger partial charge is 0.491 e. The summed E-state index contributed by atoms with van der Waals surface area (Å²) in [6.07, 6.45) is 0.246. The molecule has 0 aromatic heterocycles. The van der Waals surface area contributed by atoms with Crippen LogP contribution in [-0.2, 0) is 4.74 Å². The molecule has 0 spiro atoms. The van der Waals surface area contributed by atoms with E-state index in [1.165, 1.54) is 0 Å². The van der Waals surface area contributed by atoms with Crippen LogP contribution in [0.5, 0.6) is 11.5 Å². The summed E-state index contributed by atoms with van der Waals surface area (Å²) in [6.45, 7) is 4.09. The third-order valence-corrected chi connectivity index (χ3v) is 5.51. The van der Waals surface area contributed by atoms with E-state index >= 15 is 0 Å². The smallest absolute Gasteiger partial charge is 0.124 e. The van der Waals surface area contributed by atoms with Crippen molar-refractivity contribution in [3.8, 4) is 11.5 Å². The Morgan fingerprint density at radius 2 is 1.44 bits per heavy atom. The van der Waals surface area contributed by atoms with E-state index in [2.05, 4.69) is 24.4 Å². The molecule has 0 amide bonds. The predicted molar refractivity (Wildman–Crippen MR) is 103 cm³/mol. The van der Waals surface area contributed by atoms with E-state index in [-0.39, 0.29) is 18.0 Å². The lowest BCUT2D eigenvalue weighted by molar-refractivity contribution is 0.0365. The molecule has 5 heteroatoms. The molecule has 4 rings (SSSR count). The van der Waals surface area contributed by atoms with Crippen LogP contribution in [0.4, 0.5) is 0 Å². The SMILES string of the molecule is C[C@@H]1[C@@H](O)C[C@H]2N[C@H]1c1ccccc1OCCOCCOc1ccccc12. The zero-order valence-corrected chi connectivity index (χ0v) is 15.6. The van der Waals surface area contributed by atoms with Crippen LogP contribution in [0.1, 0.15) is 36.6 Å². The number of fused-ring (bicyclic) bond motifs is 6. The predicted octanol–water partition coefficient (Wildman–Crippen LogP) is 3.25. The van der Waals surface area contributed by atoms with Gasteiger partial charge in [0.05, 0.1) is 19.3 Å². The molecule has 2 aromatic rings. The minimum Gasteiger partial charge on any atom is -0.491 e. The summed E-state index contributed by atoms with van der Waals surface area (Å²) in [5, 5.41) is 14.5. The number of hydrogen-bond acceptors (Lipinski definition) is 5. The van der Waals surface area contributed by atoms with Gasteiger partial charge in [-0.25, -0.2) is 0 Å². The Kier molecular flexibility index (Phi) is 5.62. The molecular weight excluding hydrogens is 342 g/mol. The van der Waals surface area contributed by atoms with Crippen molar-refractivity contribution in [2.45, 2.75) is 31.5 Å². The van der Waals surface area contributed by atoms with Gasteiger partial charge in [0.2, 0.25) is 0 Å². The Bertz CT molecular complexity index is 765. The number of piperidine rings is 1.